The van der Waals surface area contributed by atoms with Gasteiger partial charge in [0.2, 0.25) is 0 Å². The maximum absolute atomic E-state index is 12.3. The van der Waals surface area contributed by atoms with Crippen molar-refractivity contribution in [3.63, 3.8) is 0 Å². The van der Waals surface area contributed by atoms with E-state index in [9.17, 15) is 4.79 Å². The van der Waals surface area contributed by atoms with Crippen LogP contribution in [-0.4, -0.2) is 5.78 Å². The van der Waals surface area contributed by atoms with Gasteiger partial charge in [-0.05, 0) is 36.4 Å². The van der Waals surface area contributed by atoms with Gasteiger partial charge in [-0.15, -0.1) is 0 Å². The van der Waals surface area contributed by atoms with Crippen LogP contribution in [0.2, 0.25) is 15.1 Å². The van der Waals surface area contributed by atoms with Gasteiger partial charge < -0.3 is 0 Å². The number of hydrogen-bond acceptors (Lipinski definition) is 1. The minimum atomic E-state index is -0.233. The average Bonchev–Trinajstić information content (AvgIpc) is 2.31. The molecule has 0 bridgehead atoms. The summed E-state index contributed by atoms with van der Waals surface area (Å²) in [6.45, 7) is 0. The Balaban J connectivity index is 2.51. The summed E-state index contributed by atoms with van der Waals surface area (Å²) < 4.78 is 0.778. The molecule has 0 heterocycles. The standard InChI is InChI=1S/C13H6BrCl3O/c14-7-1-4-11(16)10(5-7)13(18)9-3-2-8(15)6-12(9)17/h1-6H. The molecule has 2 aromatic carbocycles. The normalized spacial score (nSPS) is 10.4. The van der Waals surface area contributed by atoms with Crippen molar-refractivity contribution < 1.29 is 4.79 Å². The van der Waals surface area contributed by atoms with E-state index in [1.807, 2.05) is 0 Å². The first-order valence-corrected chi connectivity index (χ1v) is 6.86. The second kappa shape index (κ2) is 5.62. The third kappa shape index (κ3) is 2.89. The van der Waals surface area contributed by atoms with Crippen LogP contribution in [0.3, 0.4) is 0 Å². The fourth-order valence-corrected chi connectivity index (χ4v) is 2.55. The van der Waals surface area contributed by atoms with Crippen LogP contribution in [-0.2, 0) is 0 Å². The molecule has 18 heavy (non-hydrogen) atoms. The third-order valence-electron chi connectivity index (χ3n) is 2.35. The topological polar surface area (TPSA) is 17.1 Å². The van der Waals surface area contributed by atoms with Crippen molar-refractivity contribution in [1.29, 1.82) is 0 Å². The molecule has 0 aliphatic rings. The van der Waals surface area contributed by atoms with Crippen molar-refractivity contribution in [1.82, 2.24) is 0 Å². The summed E-state index contributed by atoms with van der Waals surface area (Å²) in [6, 6.07) is 9.82. The summed E-state index contributed by atoms with van der Waals surface area (Å²) in [7, 11) is 0. The Kier molecular flexibility index (Phi) is 4.33. The van der Waals surface area contributed by atoms with Gasteiger partial charge in [-0.1, -0.05) is 50.7 Å². The molecule has 0 amide bonds. The van der Waals surface area contributed by atoms with Crippen LogP contribution in [0.5, 0.6) is 0 Å². The van der Waals surface area contributed by atoms with E-state index in [-0.39, 0.29) is 5.78 Å². The second-order valence-electron chi connectivity index (χ2n) is 3.58. The molecule has 0 radical (unpaired) electrons. The van der Waals surface area contributed by atoms with E-state index in [0.717, 1.165) is 4.47 Å². The van der Waals surface area contributed by atoms with Gasteiger partial charge in [0.15, 0.2) is 5.78 Å². The number of carbonyl (C=O) groups is 1. The summed E-state index contributed by atoms with van der Waals surface area (Å²) in [4.78, 5) is 12.3. The lowest BCUT2D eigenvalue weighted by Gasteiger charge is -2.06. The van der Waals surface area contributed by atoms with Gasteiger partial charge in [-0.25, -0.2) is 0 Å². The number of carbonyl (C=O) groups excluding carboxylic acids is 1. The molecular formula is C13H6BrCl3O. The predicted octanol–water partition coefficient (Wildman–Crippen LogP) is 5.64. The number of halogens is 4. The van der Waals surface area contributed by atoms with Gasteiger partial charge in [0, 0.05) is 20.6 Å². The fourth-order valence-electron chi connectivity index (χ4n) is 1.49. The fraction of sp³-hybridized carbons (Fsp3) is 0. The quantitative estimate of drug-likeness (QED) is 0.630. The van der Waals surface area contributed by atoms with E-state index in [4.69, 9.17) is 34.8 Å². The van der Waals surface area contributed by atoms with Crippen LogP contribution in [0.25, 0.3) is 0 Å². The molecule has 0 unspecified atom stereocenters. The smallest absolute Gasteiger partial charge is 0.196 e. The summed E-state index contributed by atoms with van der Waals surface area (Å²) >= 11 is 21.1. The molecule has 0 fully saturated rings. The number of ketones is 1. The van der Waals surface area contributed by atoms with Gasteiger partial charge in [-0.2, -0.15) is 0 Å². The molecule has 2 aromatic rings. The largest absolute Gasteiger partial charge is 0.288 e. The lowest BCUT2D eigenvalue weighted by Crippen LogP contribution is -2.03. The summed E-state index contributed by atoms with van der Waals surface area (Å²) in [5.74, 6) is -0.233. The van der Waals surface area contributed by atoms with Gasteiger partial charge in [0.05, 0.1) is 10.0 Å². The van der Waals surface area contributed by atoms with Crippen molar-refractivity contribution in [2.45, 2.75) is 0 Å². The molecule has 0 saturated heterocycles. The Hall–Kier alpha value is -0.540. The van der Waals surface area contributed by atoms with Gasteiger partial charge in [0.1, 0.15) is 0 Å². The van der Waals surface area contributed by atoms with Crippen LogP contribution in [0, 0.1) is 0 Å². The van der Waals surface area contributed by atoms with Crippen molar-refractivity contribution in [3.05, 3.63) is 67.1 Å². The maximum Gasteiger partial charge on any atom is 0.196 e. The molecular weight excluding hydrogens is 358 g/mol. The van der Waals surface area contributed by atoms with Gasteiger partial charge in [-0.3, -0.25) is 4.79 Å². The zero-order valence-electron chi connectivity index (χ0n) is 8.88. The Morgan fingerprint density at radius 2 is 1.61 bits per heavy atom. The van der Waals surface area contributed by atoms with Crippen molar-refractivity contribution in [2.75, 3.05) is 0 Å². The summed E-state index contributed by atoms with van der Waals surface area (Å²) in [5.41, 5.74) is 0.774. The zero-order valence-corrected chi connectivity index (χ0v) is 12.7. The van der Waals surface area contributed by atoms with Crippen molar-refractivity contribution in [3.8, 4) is 0 Å². The molecule has 0 atom stereocenters. The maximum atomic E-state index is 12.3. The first-order valence-electron chi connectivity index (χ1n) is 4.94. The van der Waals surface area contributed by atoms with Crippen LogP contribution in [0.4, 0.5) is 0 Å². The molecule has 5 heteroatoms. The van der Waals surface area contributed by atoms with Crippen LogP contribution < -0.4 is 0 Å². The molecule has 0 aromatic heterocycles. The Bertz CT molecular complexity index is 626. The molecule has 0 N–H and O–H groups in total. The van der Waals surface area contributed by atoms with Crippen molar-refractivity contribution >= 4 is 56.5 Å². The molecule has 92 valence electrons. The minimum absolute atomic E-state index is 0.233. The monoisotopic (exact) mass is 362 g/mol. The highest BCUT2D eigenvalue weighted by Gasteiger charge is 2.16. The highest BCUT2D eigenvalue weighted by Crippen LogP contribution is 2.28. The molecule has 0 aliphatic heterocycles. The Morgan fingerprint density at radius 1 is 0.889 bits per heavy atom. The number of rotatable bonds is 2. The first kappa shape index (κ1) is 13.9. The van der Waals surface area contributed by atoms with Crippen molar-refractivity contribution in [2.24, 2.45) is 0 Å². The van der Waals surface area contributed by atoms with Crippen LogP contribution >= 0.6 is 50.7 Å². The predicted molar refractivity (Wildman–Crippen MR) is 79.0 cm³/mol. The Morgan fingerprint density at radius 3 is 2.28 bits per heavy atom. The van der Waals surface area contributed by atoms with E-state index in [2.05, 4.69) is 15.9 Å². The van der Waals surface area contributed by atoms with E-state index >= 15 is 0 Å². The zero-order chi connectivity index (χ0) is 13.3. The molecule has 1 nitrogen and oxygen atoms in total. The van der Waals surface area contributed by atoms with E-state index < -0.39 is 0 Å². The van der Waals surface area contributed by atoms with Gasteiger partial charge in [0.25, 0.3) is 0 Å². The minimum Gasteiger partial charge on any atom is -0.288 e. The lowest BCUT2D eigenvalue weighted by molar-refractivity contribution is 0.103. The number of benzene rings is 2. The third-order valence-corrected chi connectivity index (χ3v) is 3.72. The van der Waals surface area contributed by atoms with Crippen LogP contribution in [0.1, 0.15) is 15.9 Å². The highest BCUT2D eigenvalue weighted by atomic mass is 79.9. The molecule has 0 spiro atoms. The average molecular weight is 364 g/mol. The summed E-state index contributed by atoms with van der Waals surface area (Å²) in [6.07, 6.45) is 0. The number of hydrogen-bond donors (Lipinski definition) is 0. The highest BCUT2D eigenvalue weighted by molar-refractivity contribution is 9.10. The summed E-state index contributed by atoms with van der Waals surface area (Å²) in [5, 5.41) is 1.18. The van der Waals surface area contributed by atoms with Gasteiger partial charge >= 0.3 is 0 Å². The van der Waals surface area contributed by atoms with E-state index in [1.54, 1.807) is 30.3 Å². The SMILES string of the molecule is O=C(c1ccc(Cl)cc1Cl)c1cc(Br)ccc1Cl. The van der Waals surface area contributed by atoms with Crippen LogP contribution in [0.15, 0.2) is 40.9 Å². The lowest BCUT2D eigenvalue weighted by atomic mass is 10.0. The second-order valence-corrected chi connectivity index (χ2v) is 5.74. The Labute approximate surface area is 128 Å². The first-order chi connectivity index (χ1) is 8.49. The molecule has 0 aliphatic carbocycles. The van der Waals surface area contributed by atoms with E-state index in [1.165, 1.54) is 6.07 Å². The molecule has 2 rings (SSSR count). The van der Waals surface area contributed by atoms with E-state index in [0.29, 0.717) is 26.2 Å². The molecule has 0 saturated carbocycles.